The maximum atomic E-state index is 8.74. The summed E-state index contributed by atoms with van der Waals surface area (Å²) in [4.78, 5) is 0. The van der Waals surface area contributed by atoms with Gasteiger partial charge in [0.25, 0.3) is 0 Å². The molecule has 0 fully saturated rings. The molecule has 0 amide bonds. The van der Waals surface area contributed by atoms with Crippen molar-refractivity contribution in [2.45, 2.75) is 0 Å². The molecule has 0 heterocycles. The fraction of sp³-hybridized carbons (Fsp3) is 0. The van der Waals surface area contributed by atoms with Crippen LogP contribution in [0.25, 0.3) is 0 Å². The van der Waals surface area contributed by atoms with Gasteiger partial charge in [0.1, 0.15) is 0 Å². The molecule has 0 spiro atoms. The third-order valence-electron chi connectivity index (χ3n) is 0. The van der Waals surface area contributed by atoms with Crippen LogP contribution in [-0.4, -0.2) is 22.4 Å². The van der Waals surface area contributed by atoms with E-state index >= 15 is 0 Å². The Bertz CT molecular complexity index is 86.8. The van der Waals surface area contributed by atoms with Crippen molar-refractivity contribution >= 4 is 19.0 Å². The van der Waals surface area contributed by atoms with Crippen molar-refractivity contribution in [3.8, 4) is 0 Å². The van der Waals surface area contributed by atoms with Gasteiger partial charge in [0.15, 0.2) is 0 Å². The summed E-state index contributed by atoms with van der Waals surface area (Å²) in [5.41, 5.74) is 0. The summed E-state index contributed by atoms with van der Waals surface area (Å²) in [6, 6.07) is 0. The Balaban J connectivity index is 4.06. The van der Waals surface area contributed by atoms with E-state index in [0.29, 0.717) is 0 Å². The zero-order valence-electron chi connectivity index (χ0n) is 2.08. The van der Waals surface area contributed by atoms with Crippen LogP contribution >= 0.6 is 0 Å². The maximum absolute atomic E-state index is 8.74. The Morgan fingerprint density at radius 1 is 1.60 bits per heavy atom. The summed E-state index contributed by atoms with van der Waals surface area (Å²) in [5, 5.41) is 0. The van der Waals surface area contributed by atoms with Crippen LogP contribution in [0, 0.1) is 0 Å². The van der Waals surface area contributed by atoms with Crippen molar-refractivity contribution in [3.05, 3.63) is 0 Å². The summed E-state index contributed by atoms with van der Waals surface area (Å²) >= 11 is -5.77. The zero-order chi connectivity index (χ0) is 4.50. The molecule has 4 nitrogen and oxygen atoms in total. The first-order chi connectivity index (χ1) is 2.00. The van der Waals surface area contributed by atoms with Gasteiger partial charge in [-0.05, 0) is 0 Å². The van der Waals surface area contributed by atoms with E-state index in [0.717, 1.165) is 0 Å². The van der Waals surface area contributed by atoms with Crippen molar-refractivity contribution in [2.24, 2.45) is 0 Å². The molecule has 0 aromatic heterocycles. The number of hydrogen-bond acceptors (Lipinski definition) is 3. The summed E-state index contributed by atoms with van der Waals surface area (Å²) in [5.74, 6) is 0. The molecule has 5 heavy (non-hydrogen) atoms. The third kappa shape index (κ3) is 240. The monoisotopic (exact) mass is 195 g/mol. The van der Waals surface area contributed by atoms with Crippen molar-refractivity contribution in [3.63, 3.8) is 0 Å². The molecule has 0 saturated carbocycles. The van der Waals surface area contributed by atoms with Gasteiger partial charge in [0, 0.05) is 0 Å². The Hall–Kier alpha value is 0.310. The first kappa shape index (κ1) is 5.31. The molecule has 0 atom stereocenters. The van der Waals surface area contributed by atoms with Gasteiger partial charge in [-0.25, -0.2) is 0 Å². The van der Waals surface area contributed by atoms with Gasteiger partial charge < -0.3 is 0 Å². The average molecular weight is 193 g/mol. The minimum atomic E-state index is -5.77. The standard InChI is InChI=1S/H2O4Te/c1-5(2,3)4/h(H2,1,2,3,4)/p-1. The second-order valence-electron chi connectivity index (χ2n) is 0.428. The fourth-order valence-electron chi connectivity index (χ4n) is 0. The van der Waals surface area contributed by atoms with Crippen molar-refractivity contribution in [1.82, 2.24) is 0 Å². The molecular weight excluding hydrogens is 192 g/mol. The van der Waals surface area contributed by atoms with Crippen LogP contribution in [-0.2, 0) is 6.21 Å². The van der Waals surface area contributed by atoms with E-state index in [1.165, 1.54) is 0 Å². The Morgan fingerprint density at radius 3 is 1.60 bits per heavy atom. The summed E-state index contributed by atoms with van der Waals surface area (Å²) in [6.07, 6.45) is 0. The molecule has 0 radical (unpaired) electrons. The van der Waals surface area contributed by atoms with E-state index in [-0.39, 0.29) is 0 Å². The third-order valence-corrected chi connectivity index (χ3v) is 0. The first-order valence-electron chi connectivity index (χ1n) is 0.683. The minimum absolute atomic E-state index is 5.77. The molecule has 32 valence electrons. The molecule has 0 aliphatic carbocycles. The molecule has 0 saturated heterocycles. The molecule has 0 aliphatic heterocycles. The predicted molar refractivity (Wildman–Crippen MR) is 9.35 cm³/mol. The molecule has 0 aromatic rings. The van der Waals surface area contributed by atoms with Crippen LogP contribution in [0.5, 0.6) is 0 Å². The first-order valence-corrected chi connectivity index (χ1v) is 4.58. The van der Waals surface area contributed by atoms with Crippen molar-refractivity contribution in [2.75, 3.05) is 0 Å². The van der Waals surface area contributed by atoms with E-state index in [4.69, 9.17) is 13.2 Å². The number of rotatable bonds is 0. The van der Waals surface area contributed by atoms with E-state index < -0.39 is 19.0 Å². The molecule has 0 unspecified atom stereocenters. The van der Waals surface area contributed by atoms with Gasteiger partial charge in [0.2, 0.25) is 0 Å². The van der Waals surface area contributed by atoms with E-state index in [9.17, 15) is 0 Å². The molecular formula is HO4Te-. The topological polar surface area (TPSA) is 77.4 Å². The SMILES string of the molecule is O=[Te](=O)([O-])O. The van der Waals surface area contributed by atoms with Crippen LogP contribution in [0.2, 0.25) is 0 Å². The van der Waals surface area contributed by atoms with Gasteiger partial charge in [-0.15, -0.1) is 0 Å². The second kappa shape index (κ2) is 1.19. The quantitative estimate of drug-likeness (QED) is 0.436. The predicted octanol–water partition coefficient (Wildman–Crippen LogP) is -2.36. The van der Waals surface area contributed by atoms with Crippen LogP contribution in [0.3, 0.4) is 0 Å². The van der Waals surface area contributed by atoms with E-state index in [1.807, 2.05) is 0 Å². The second-order valence-corrected chi connectivity index (χ2v) is 2.87. The van der Waals surface area contributed by atoms with Gasteiger partial charge in [0.05, 0.1) is 0 Å². The molecule has 0 bridgehead atoms. The van der Waals surface area contributed by atoms with E-state index in [2.05, 4.69) is 0 Å². The van der Waals surface area contributed by atoms with Crippen LogP contribution in [0.1, 0.15) is 0 Å². The van der Waals surface area contributed by atoms with Crippen LogP contribution in [0.4, 0.5) is 0 Å². The van der Waals surface area contributed by atoms with Crippen LogP contribution < -0.4 is 3.47 Å². The molecule has 0 aliphatic rings. The Labute approximate surface area is 32.7 Å². The van der Waals surface area contributed by atoms with Gasteiger partial charge in [-0.2, -0.15) is 0 Å². The van der Waals surface area contributed by atoms with Crippen molar-refractivity contribution < 1.29 is 13.2 Å². The van der Waals surface area contributed by atoms with Crippen molar-refractivity contribution in [1.29, 1.82) is 0 Å². The van der Waals surface area contributed by atoms with Gasteiger partial charge >= 0.3 is 32.1 Å². The normalized spacial score (nSPS) is 11.6. The Kier molecular flexibility index (Phi) is 1.26. The molecule has 0 aromatic carbocycles. The molecule has 1 N–H and O–H groups in total. The summed E-state index contributed by atoms with van der Waals surface area (Å²) < 4.78 is 33.3. The summed E-state index contributed by atoms with van der Waals surface area (Å²) in [6.45, 7) is 0. The summed E-state index contributed by atoms with van der Waals surface area (Å²) in [7, 11) is 0. The Morgan fingerprint density at radius 2 is 1.60 bits per heavy atom. The fourth-order valence-corrected chi connectivity index (χ4v) is 0. The molecule has 0 rings (SSSR count). The van der Waals surface area contributed by atoms with Gasteiger partial charge in [-0.3, -0.25) is 0 Å². The average Bonchev–Trinajstić information content (AvgIpc) is 0.722. The molecule has 5 heteroatoms. The van der Waals surface area contributed by atoms with E-state index in [1.54, 1.807) is 0 Å². The van der Waals surface area contributed by atoms with Crippen LogP contribution in [0.15, 0.2) is 0 Å². The van der Waals surface area contributed by atoms with Gasteiger partial charge in [-0.1, -0.05) is 0 Å². The number of hydrogen-bond donors (Lipinski definition) is 1. The zero-order valence-corrected chi connectivity index (χ0v) is 4.41.